The Bertz CT molecular complexity index is 754. The van der Waals surface area contributed by atoms with E-state index in [4.69, 9.17) is 4.42 Å². The Labute approximate surface area is 139 Å². The lowest BCUT2D eigenvalue weighted by Gasteiger charge is -2.27. The molecule has 0 spiro atoms. The van der Waals surface area contributed by atoms with Crippen molar-refractivity contribution in [3.8, 4) is 0 Å². The van der Waals surface area contributed by atoms with E-state index in [9.17, 15) is 18.0 Å². The molecule has 1 aromatic heterocycles. The van der Waals surface area contributed by atoms with Gasteiger partial charge in [-0.15, -0.1) is 0 Å². The topological polar surface area (TPSA) is 109 Å². The summed E-state index contributed by atoms with van der Waals surface area (Å²) in [6.45, 7) is 0.400. The van der Waals surface area contributed by atoms with Crippen LogP contribution in [0.4, 0.5) is 0 Å². The molecule has 3 heterocycles. The van der Waals surface area contributed by atoms with E-state index < -0.39 is 15.9 Å². The van der Waals surface area contributed by atoms with E-state index in [0.29, 0.717) is 19.4 Å². The first-order valence-corrected chi connectivity index (χ1v) is 9.67. The molecular weight excluding hydrogens is 334 g/mol. The van der Waals surface area contributed by atoms with Crippen LogP contribution in [0.15, 0.2) is 27.9 Å². The molecule has 3 rings (SSSR count). The van der Waals surface area contributed by atoms with Gasteiger partial charge in [0.2, 0.25) is 5.91 Å². The van der Waals surface area contributed by atoms with Crippen LogP contribution in [0.1, 0.15) is 25.0 Å². The summed E-state index contributed by atoms with van der Waals surface area (Å²) in [5, 5.41) is 8.06. The Hall–Kier alpha value is -2.16. The number of sulfone groups is 1. The molecule has 1 fully saturated rings. The minimum Gasteiger partial charge on any atom is -0.469 e. The van der Waals surface area contributed by atoms with Gasteiger partial charge in [0.05, 0.1) is 23.8 Å². The van der Waals surface area contributed by atoms with Crippen molar-refractivity contribution in [2.24, 2.45) is 5.10 Å². The number of nitrogens with zero attached hydrogens (tertiary/aromatic N) is 2. The summed E-state index contributed by atoms with van der Waals surface area (Å²) < 4.78 is 28.4. The normalized spacial score (nSPS) is 23.2. The molecule has 0 radical (unpaired) electrons. The van der Waals surface area contributed by atoms with Gasteiger partial charge in [-0.3, -0.25) is 9.59 Å². The van der Waals surface area contributed by atoms with Crippen LogP contribution in [-0.2, 0) is 25.8 Å². The second-order valence-corrected chi connectivity index (χ2v) is 8.16. The third-order valence-corrected chi connectivity index (χ3v) is 5.86. The number of rotatable bonds is 5. The van der Waals surface area contributed by atoms with Crippen LogP contribution in [0.25, 0.3) is 0 Å². The van der Waals surface area contributed by atoms with Gasteiger partial charge in [-0.25, -0.2) is 13.4 Å². The number of carbonyl (C=O) groups is 2. The van der Waals surface area contributed by atoms with Crippen molar-refractivity contribution in [3.63, 3.8) is 0 Å². The highest BCUT2D eigenvalue weighted by Crippen LogP contribution is 2.22. The van der Waals surface area contributed by atoms with Crippen molar-refractivity contribution < 1.29 is 22.4 Å². The van der Waals surface area contributed by atoms with Crippen molar-refractivity contribution in [3.05, 3.63) is 24.2 Å². The molecule has 0 saturated carbocycles. The smallest absolute Gasteiger partial charge is 0.267 e. The number of carbonyl (C=O) groups excluding carboxylic acids is 2. The molecule has 0 aliphatic carbocycles. The largest absolute Gasteiger partial charge is 0.469 e. The fourth-order valence-electron chi connectivity index (χ4n) is 2.84. The molecule has 1 saturated heterocycles. The second kappa shape index (κ2) is 6.76. The Morgan fingerprint density at radius 1 is 1.42 bits per heavy atom. The average molecular weight is 353 g/mol. The molecule has 9 heteroatoms. The molecule has 130 valence electrons. The van der Waals surface area contributed by atoms with Gasteiger partial charge in [-0.05, 0) is 18.6 Å². The highest BCUT2D eigenvalue weighted by Gasteiger charge is 2.37. The molecule has 2 amide bonds. The van der Waals surface area contributed by atoms with Crippen molar-refractivity contribution in [2.75, 3.05) is 18.1 Å². The first-order chi connectivity index (χ1) is 11.4. The maximum Gasteiger partial charge on any atom is 0.267 e. The van der Waals surface area contributed by atoms with Gasteiger partial charge in [0, 0.05) is 25.8 Å². The maximum absolute atomic E-state index is 12.2. The number of furan rings is 1. The van der Waals surface area contributed by atoms with Crippen molar-refractivity contribution in [1.29, 1.82) is 0 Å². The molecular formula is C15H19N3O5S. The summed E-state index contributed by atoms with van der Waals surface area (Å²) in [5.74, 6) is 0.176. The molecule has 1 N–H and O–H groups in total. The molecule has 0 aromatic carbocycles. The van der Waals surface area contributed by atoms with E-state index in [2.05, 4.69) is 10.4 Å². The van der Waals surface area contributed by atoms with Gasteiger partial charge in [0.15, 0.2) is 9.84 Å². The van der Waals surface area contributed by atoms with E-state index in [1.807, 2.05) is 6.07 Å². The maximum atomic E-state index is 12.2. The number of amides is 2. The summed E-state index contributed by atoms with van der Waals surface area (Å²) in [6.07, 6.45) is 2.93. The zero-order chi connectivity index (χ0) is 17.2. The molecule has 1 atom stereocenters. The summed E-state index contributed by atoms with van der Waals surface area (Å²) in [6, 6.07) is 3.14. The quantitative estimate of drug-likeness (QED) is 0.808. The number of nitrogens with one attached hydrogen (secondary N) is 1. The zero-order valence-electron chi connectivity index (χ0n) is 13.1. The minimum absolute atomic E-state index is 0.0572. The molecule has 2 aliphatic rings. The minimum atomic E-state index is -3.12. The van der Waals surface area contributed by atoms with E-state index in [1.54, 1.807) is 12.3 Å². The average Bonchev–Trinajstić information content (AvgIpc) is 3.17. The molecule has 0 bridgehead atoms. The van der Waals surface area contributed by atoms with Crippen molar-refractivity contribution in [2.45, 2.75) is 31.7 Å². The van der Waals surface area contributed by atoms with Gasteiger partial charge in [-0.1, -0.05) is 0 Å². The van der Waals surface area contributed by atoms with Crippen LogP contribution < -0.4 is 5.32 Å². The van der Waals surface area contributed by atoms with E-state index in [-0.39, 0.29) is 41.9 Å². The standard InChI is InChI=1S/C15H19N3O5S/c19-14-4-3-13(15(20)16-7-5-12-2-1-8-23-12)17-18(14)11-6-9-24(21,22)10-11/h1-2,8,11H,3-7,9-10H2,(H,16,20). The third kappa shape index (κ3) is 3.84. The third-order valence-electron chi connectivity index (χ3n) is 4.11. The molecule has 24 heavy (non-hydrogen) atoms. The predicted molar refractivity (Wildman–Crippen MR) is 86.0 cm³/mol. The van der Waals surface area contributed by atoms with E-state index in [0.717, 1.165) is 5.76 Å². The highest BCUT2D eigenvalue weighted by atomic mass is 32.2. The first kappa shape index (κ1) is 16.7. The Morgan fingerprint density at radius 3 is 2.92 bits per heavy atom. The summed E-state index contributed by atoms with van der Waals surface area (Å²) in [4.78, 5) is 24.2. The van der Waals surface area contributed by atoms with Crippen LogP contribution in [0.3, 0.4) is 0 Å². The molecule has 2 aliphatic heterocycles. The van der Waals surface area contributed by atoms with Crippen LogP contribution in [-0.4, -0.2) is 55.0 Å². The number of hydrogen-bond donors (Lipinski definition) is 1. The van der Waals surface area contributed by atoms with Gasteiger partial charge >= 0.3 is 0 Å². The van der Waals surface area contributed by atoms with Crippen LogP contribution in [0.5, 0.6) is 0 Å². The molecule has 1 unspecified atom stereocenters. The zero-order valence-corrected chi connectivity index (χ0v) is 13.9. The lowest BCUT2D eigenvalue weighted by molar-refractivity contribution is -0.133. The van der Waals surface area contributed by atoms with Gasteiger partial charge in [0.1, 0.15) is 11.5 Å². The fraction of sp³-hybridized carbons (Fsp3) is 0.533. The number of hydrogen-bond acceptors (Lipinski definition) is 6. The van der Waals surface area contributed by atoms with Crippen LogP contribution in [0, 0.1) is 0 Å². The van der Waals surface area contributed by atoms with Crippen molar-refractivity contribution >= 4 is 27.4 Å². The SMILES string of the molecule is O=C(NCCc1ccco1)C1=NN(C2CCS(=O)(=O)C2)C(=O)CC1. The Kier molecular flexibility index (Phi) is 4.70. The van der Waals surface area contributed by atoms with Crippen molar-refractivity contribution in [1.82, 2.24) is 10.3 Å². The molecule has 8 nitrogen and oxygen atoms in total. The number of hydrazone groups is 1. The van der Waals surface area contributed by atoms with E-state index >= 15 is 0 Å². The van der Waals surface area contributed by atoms with Crippen LogP contribution in [0.2, 0.25) is 0 Å². The first-order valence-electron chi connectivity index (χ1n) is 7.85. The van der Waals surface area contributed by atoms with Gasteiger partial charge in [-0.2, -0.15) is 5.10 Å². The Morgan fingerprint density at radius 2 is 2.25 bits per heavy atom. The fourth-order valence-corrected chi connectivity index (χ4v) is 4.54. The molecule has 1 aromatic rings. The second-order valence-electron chi connectivity index (χ2n) is 5.93. The van der Waals surface area contributed by atoms with Gasteiger partial charge in [0.25, 0.3) is 5.91 Å². The van der Waals surface area contributed by atoms with Crippen LogP contribution >= 0.6 is 0 Å². The van der Waals surface area contributed by atoms with E-state index in [1.165, 1.54) is 5.01 Å². The highest BCUT2D eigenvalue weighted by molar-refractivity contribution is 7.91. The summed E-state index contributed by atoms with van der Waals surface area (Å²) in [7, 11) is -3.12. The monoisotopic (exact) mass is 353 g/mol. The Balaban J connectivity index is 1.60. The predicted octanol–water partition coefficient (Wildman–Crippen LogP) is 0.104. The summed E-state index contributed by atoms with van der Waals surface area (Å²) >= 11 is 0. The van der Waals surface area contributed by atoms with Gasteiger partial charge < -0.3 is 9.73 Å². The summed E-state index contributed by atoms with van der Waals surface area (Å²) in [5.41, 5.74) is 0.262. The lowest BCUT2D eigenvalue weighted by atomic mass is 10.1. The lowest BCUT2D eigenvalue weighted by Crippen LogP contribution is -2.44.